The summed E-state index contributed by atoms with van der Waals surface area (Å²) >= 11 is 1.68. The third-order valence-electron chi connectivity index (χ3n) is 3.77. The van der Waals surface area contributed by atoms with Crippen molar-refractivity contribution >= 4 is 33.4 Å². The molecule has 3 N–H and O–H groups in total. The zero-order valence-corrected chi connectivity index (χ0v) is 12.4. The highest BCUT2D eigenvalue weighted by atomic mass is 32.1. The first-order valence-corrected chi connectivity index (χ1v) is 7.74. The summed E-state index contributed by atoms with van der Waals surface area (Å²) in [5.74, 6) is -0.533. The van der Waals surface area contributed by atoms with Gasteiger partial charge < -0.3 is 16.0 Å². The SMILES string of the molecule is NC(=O)C1CCN(C(=O)NCc2cc3ccccc3s2)C1. The molecule has 0 aliphatic carbocycles. The van der Waals surface area contributed by atoms with Gasteiger partial charge in [-0.1, -0.05) is 18.2 Å². The molecule has 1 aromatic heterocycles. The first kappa shape index (κ1) is 13.9. The molecule has 3 rings (SSSR count). The van der Waals surface area contributed by atoms with Crippen LogP contribution in [0.1, 0.15) is 11.3 Å². The van der Waals surface area contributed by atoms with E-state index in [-0.39, 0.29) is 17.9 Å². The number of nitrogens with one attached hydrogen (secondary N) is 1. The lowest BCUT2D eigenvalue weighted by molar-refractivity contribution is -0.121. The summed E-state index contributed by atoms with van der Waals surface area (Å²) in [4.78, 5) is 26.0. The fourth-order valence-corrected chi connectivity index (χ4v) is 3.58. The molecule has 0 bridgehead atoms. The lowest BCUT2D eigenvalue weighted by atomic mass is 10.1. The summed E-state index contributed by atoms with van der Waals surface area (Å²) < 4.78 is 1.22. The number of amides is 3. The van der Waals surface area contributed by atoms with Crippen LogP contribution in [0.3, 0.4) is 0 Å². The van der Waals surface area contributed by atoms with E-state index in [1.165, 1.54) is 10.1 Å². The van der Waals surface area contributed by atoms with Crippen LogP contribution in [-0.2, 0) is 11.3 Å². The number of nitrogens with two attached hydrogens (primary N) is 1. The number of nitrogens with zero attached hydrogens (tertiary/aromatic N) is 1. The van der Waals surface area contributed by atoms with Crippen LogP contribution in [0.4, 0.5) is 4.79 Å². The molecule has 0 saturated carbocycles. The molecule has 21 heavy (non-hydrogen) atoms. The van der Waals surface area contributed by atoms with Gasteiger partial charge in [-0.05, 0) is 23.9 Å². The van der Waals surface area contributed by atoms with Crippen LogP contribution in [0.25, 0.3) is 10.1 Å². The molecule has 1 aliphatic heterocycles. The second-order valence-electron chi connectivity index (χ2n) is 5.24. The maximum atomic E-state index is 12.1. The molecular formula is C15H17N3O2S. The minimum absolute atomic E-state index is 0.129. The van der Waals surface area contributed by atoms with E-state index in [4.69, 9.17) is 5.73 Å². The van der Waals surface area contributed by atoms with Crippen molar-refractivity contribution in [2.45, 2.75) is 13.0 Å². The van der Waals surface area contributed by atoms with Gasteiger partial charge in [-0.25, -0.2) is 4.79 Å². The van der Waals surface area contributed by atoms with E-state index in [2.05, 4.69) is 23.5 Å². The van der Waals surface area contributed by atoms with Gasteiger partial charge in [0.15, 0.2) is 0 Å². The fourth-order valence-electron chi connectivity index (χ4n) is 2.58. The largest absolute Gasteiger partial charge is 0.369 e. The van der Waals surface area contributed by atoms with Crippen molar-refractivity contribution in [1.29, 1.82) is 0 Å². The maximum Gasteiger partial charge on any atom is 0.317 e. The van der Waals surface area contributed by atoms with Crippen molar-refractivity contribution in [3.05, 3.63) is 35.2 Å². The highest BCUT2D eigenvalue weighted by Gasteiger charge is 2.29. The van der Waals surface area contributed by atoms with Gasteiger partial charge in [0.1, 0.15) is 0 Å². The quantitative estimate of drug-likeness (QED) is 0.909. The van der Waals surface area contributed by atoms with Gasteiger partial charge in [0.25, 0.3) is 0 Å². The molecule has 1 saturated heterocycles. The third-order valence-corrected chi connectivity index (χ3v) is 4.88. The Balaban J connectivity index is 1.57. The summed E-state index contributed by atoms with van der Waals surface area (Å²) in [5.41, 5.74) is 5.27. The maximum absolute atomic E-state index is 12.1. The molecule has 1 aliphatic rings. The fraction of sp³-hybridized carbons (Fsp3) is 0.333. The summed E-state index contributed by atoms with van der Waals surface area (Å²) in [7, 11) is 0. The van der Waals surface area contributed by atoms with Crippen molar-refractivity contribution in [3.8, 4) is 0 Å². The number of thiophene rings is 1. The van der Waals surface area contributed by atoms with Gasteiger partial charge in [-0.3, -0.25) is 4.79 Å². The standard InChI is InChI=1S/C15H17N3O2S/c16-14(19)11-5-6-18(9-11)15(20)17-8-12-7-10-3-1-2-4-13(10)21-12/h1-4,7,11H,5-6,8-9H2,(H2,16,19)(H,17,20). The number of hydrogen-bond donors (Lipinski definition) is 2. The first-order chi connectivity index (χ1) is 10.1. The molecule has 1 unspecified atom stereocenters. The zero-order valence-electron chi connectivity index (χ0n) is 11.5. The normalized spacial score (nSPS) is 18.1. The van der Waals surface area contributed by atoms with E-state index in [0.717, 1.165) is 4.88 Å². The Morgan fingerprint density at radius 2 is 2.19 bits per heavy atom. The van der Waals surface area contributed by atoms with E-state index in [9.17, 15) is 9.59 Å². The van der Waals surface area contributed by atoms with Crippen molar-refractivity contribution in [3.63, 3.8) is 0 Å². The van der Waals surface area contributed by atoms with Crippen molar-refractivity contribution in [2.75, 3.05) is 13.1 Å². The Bertz CT molecular complexity index is 649. The molecule has 110 valence electrons. The van der Waals surface area contributed by atoms with Crippen LogP contribution < -0.4 is 11.1 Å². The minimum atomic E-state index is -0.324. The Labute approximate surface area is 126 Å². The number of likely N-dealkylation sites (tertiary alicyclic amines) is 1. The molecule has 5 nitrogen and oxygen atoms in total. The van der Waals surface area contributed by atoms with Crippen LogP contribution in [0.2, 0.25) is 0 Å². The van der Waals surface area contributed by atoms with E-state index in [0.29, 0.717) is 26.1 Å². The molecule has 1 atom stereocenters. The second-order valence-corrected chi connectivity index (χ2v) is 6.41. The third kappa shape index (κ3) is 3.00. The predicted octanol–water partition coefficient (Wildman–Crippen LogP) is 1.92. The second kappa shape index (κ2) is 5.73. The Kier molecular flexibility index (Phi) is 3.79. The van der Waals surface area contributed by atoms with Crippen molar-refractivity contribution < 1.29 is 9.59 Å². The Morgan fingerprint density at radius 1 is 1.38 bits per heavy atom. The highest BCUT2D eigenvalue weighted by molar-refractivity contribution is 7.19. The van der Waals surface area contributed by atoms with Crippen LogP contribution in [0.5, 0.6) is 0 Å². The number of hydrogen-bond acceptors (Lipinski definition) is 3. The van der Waals surface area contributed by atoms with E-state index >= 15 is 0 Å². The topological polar surface area (TPSA) is 75.4 Å². The number of rotatable bonds is 3. The van der Waals surface area contributed by atoms with E-state index < -0.39 is 0 Å². The summed E-state index contributed by atoms with van der Waals surface area (Å²) in [6.07, 6.45) is 0.658. The highest BCUT2D eigenvalue weighted by Crippen LogP contribution is 2.25. The summed E-state index contributed by atoms with van der Waals surface area (Å²) in [5, 5.41) is 4.10. The molecule has 2 heterocycles. The lowest BCUT2D eigenvalue weighted by Crippen LogP contribution is -2.39. The smallest absolute Gasteiger partial charge is 0.317 e. The Morgan fingerprint density at radius 3 is 2.90 bits per heavy atom. The summed E-state index contributed by atoms with van der Waals surface area (Å²) in [6, 6.07) is 10.1. The van der Waals surface area contributed by atoms with Gasteiger partial charge in [-0.2, -0.15) is 0 Å². The molecule has 2 aromatic rings. The Hall–Kier alpha value is -2.08. The molecular weight excluding hydrogens is 286 g/mol. The predicted molar refractivity (Wildman–Crippen MR) is 82.9 cm³/mol. The van der Waals surface area contributed by atoms with Crippen LogP contribution in [-0.4, -0.2) is 29.9 Å². The van der Waals surface area contributed by atoms with Crippen molar-refractivity contribution in [2.24, 2.45) is 11.7 Å². The minimum Gasteiger partial charge on any atom is -0.369 e. The molecule has 1 fully saturated rings. The summed E-state index contributed by atoms with van der Waals surface area (Å²) in [6.45, 7) is 1.52. The molecule has 6 heteroatoms. The van der Waals surface area contributed by atoms with Crippen LogP contribution in [0.15, 0.2) is 30.3 Å². The number of fused-ring (bicyclic) bond motifs is 1. The van der Waals surface area contributed by atoms with Gasteiger partial charge in [0.05, 0.1) is 12.5 Å². The van der Waals surface area contributed by atoms with Gasteiger partial charge in [0, 0.05) is 22.7 Å². The first-order valence-electron chi connectivity index (χ1n) is 6.93. The van der Waals surface area contributed by atoms with Crippen molar-refractivity contribution in [1.82, 2.24) is 10.2 Å². The van der Waals surface area contributed by atoms with Crippen LogP contribution in [0, 0.1) is 5.92 Å². The number of carbonyl (C=O) groups is 2. The average Bonchev–Trinajstić information content (AvgIpc) is 3.11. The number of primary amides is 1. The molecule has 0 spiro atoms. The van der Waals surface area contributed by atoms with E-state index in [1.54, 1.807) is 16.2 Å². The molecule has 1 aromatic carbocycles. The van der Waals surface area contributed by atoms with E-state index in [1.807, 2.05) is 12.1 Å². The zero-order chi connectivity index (χ0) is 14.8. The number of carbonyl (C=O) groups excluding carboxylic acids is 2. The monoisotopic (exact) mass is 303 g/mol. The molecule has 0 radical (unpaired) electrons. The average molecular weight is 303 g/mol. The van der Waals surface area contributed by atoms with Gasteiger partial charge in [-0.15, -0.1) is 11.3 Å². The van der Waals surface area contributed by atoms with Crippen LogP contribution >= 0.6 is 11.3 Å². The number of urea groups is 1. The molecule has 3 amide bonds. The van der Waals surface area contributed by atoms with Gasteiger partial charge >= 0.3 is 6.03 Å². The lowest BCUT2D eigenvalue weighted by Gasteiger charge is -2.16. The number of benzene rings is 1. The van der Waals surface area contributed by atoms with Gasteiger partial charge in [0.2, 0.25) is 5.91 Å².